The van der Waals surface area contributed by atoms with Crippen molar-refractivity contribution in [2.45, 2.75) is 0 Å². The van der Waals surface area contributed by atoms with Crippen LogP contribution in [0.4, 0.5) is 15.0 Å². The monoisotopic (exact) mass is 503 g/mol. The molecule has 0 bridgehead atoms. The van der Waals surface area contributed by atoms with Gasteiger partial charge in [0.1, 0.15) is 11.4 Å². The van der Waals surface area contributed by atoms with Crippen molar-refractivity contribution >= 4 is 29.2 Å². The Bertz CT molecular complexity index is 1200. The predicted molar refractivity (Wildman–Crippen MR) is 132 cm³/mol. The number of anilines is 1. The fourth-order valence-corrected chi connectivity index (χ4v) is 4.00. The molecular formula is C23H30FN7O5. The number of rotatable bonds is 7. The molecule has 1 aliphatic rings. The van der Waals surface area contributed by atoms with Crippen LogP contribution in [0.15, 0.2) is 24.5 Å². The van der Waals surface area contributed by atoms with Crippen LogP contribution in [-0.4, -0.2) is 90.5 Å². The maximum absolute atomic E-state index is 14.3. The Morgan fingerprint density at radius 1 is 1.22 bits per heavy atom. The van der Waals surface area contributed by atoms with Crippen LogP contribution in [-0.2, 0) is 11.8 Å². The zero-order chi connectivity index (χ0) is 26.1. The van der Waals surface area contributed by atoms with Gasteiger partial charge in [0.05, 0.1) is 37.8 Å². The van der Waals surface area contributed by atoms with Crippen LogP contribution in [0, 0.1) is 5.82 Å². The smallest absolute Gasteiger partial charge is 0.320 e. The van der Waals surface area contributed by atoms with Crippen molar-refractivity contribution in [3.05, 3.63) is 30.3 Å². The van der Waals surface area contributed by atoms with Crippen molar-refractivity contribution in [3.63, 3.8) is 0 Å². The molecule has 0 unspecified atom stereocenters. The summed E-state index contributed by atoms with van der Waals surface area (Å²) in [5, 5.41) is 16.6. The van der Waals surface area contributed by atoms with E-state index in [0.717, 1.165) is 49.8 Å². The molecular weight excluding hydrogens is 473 g/mol. The lowest BCUT2D eigenvalue weighted by Crippen LogP contribution is -2.46. The largest absolute Gasteiger partial charge is 0.493 e. The van der Waals surface area contributed by atoms with Gasteiger partial charge in [-0.05, 0) is 12.1 Å². The number of nitrogens with zero attached hydrogens (tertiary/aromatic N) is 4. The minimum Gasteiger partial charge on any atom is -0.493 e. The molecule has 194 valence electrons. The summed E-state index contributed by atoms with van der Waals surface area (Å²) < 4.78 is 26.8. The molecule has 1 aliphatic heterocycles. The van der Waals surface area contributed by atoms with E-state index in [1.165, 1.54) is 14.2 Å². The fraction of sp³-hybridized carbons (Fsp3) is 0.391. The second kappa shape index (κ2) is 12.7. The second-order valence-electron chi connectivity index (χ2n) is 7.82. The zero-order valence-corrected chi connectivity index (χ0v) is 20.4. The minimum absolute atomic E-state index is 0.0444. The lowest BCUT2D eigenvalue weighted by Gasteiger charge is -2.27. The lowest BCUT2D eigenvalue weighted by molar-refractivity contribution is -0.122. The highest BCUT2D eigenvalue weighted by Crippen LogP contribution is 2.40. The number of aromatic nitrogens is 3. The Morgan fingerprint density at radius 2 is 1.94 bits per heavy atom. The van der Waals surface area contributed by atoms with Gasteiger partial charge in [-0.2, -0.15) is 0 Å². The van der Waals surface area contributed by atoms with Gasteiger partial charge in [0.2, 0.25) is 5.88 Å². The molecule has 0 radical (unpaired) electrons. The van der Waals surface area contributed by atoms with Crippen LogP contribution < -0.4 is 25.4 Å². The standard InChI is InChI=1S/C22H28FN7O3.CH2O2/c1-29-16(19-20(32-2)15(23)12-27-21(19)33-3)10-14-11-18(26-13-17(14)29)28-22(31)25-6-9-30-7-4-24-5-8-30;2-1-3/h10-13,24H,4-9H2,1-3H3,(H2,25,26,28,31);1H,(H,2,3). The summed E-state index contributed by atoms with van der Waals surface area (Å²) in [5.41, 5.74) is 1.84. The molecule has 12 nitrogen and oxygen atoms in total. The zero-order valence-electron chi connectivity index (χ0n) is 20.4. The van der Waals surface area contributed by atoms with E-state index in [0.29, 0.717) is 23.6 Å². The van der Waals surface area contributed by atoms with Crippen molar-refractivity contribution < 1.29 is 28.6 Å². The highest BCUT2D eigenvalue weighted by Gasteiger charge is 2.22. The van der Waals surface area contributed by atoms with Gasteiger partial charge in [-0.3, -0.25) is 15.0 Å². The van der Waals surface area contributed by atoms with Crippen LogP contribution in [0.1, 0.15) is 0 Å². The van der Waals surface area contributed by atoms with Gasteiger partial charge in [-0.15, -0.1) is 0 Å². The molecule has 0 aromatic carbocycles. The van der Waals surface area contributed by atoms with Gasteiger partial charge in [0, 0.05) is 51.7 Å². The van der Waals surface area contributed by atoms with Gasteiger partial charge in [-0.1, -0.05) is 0 Å². The Labute approximate surface area is 207 Å². The summed E-state index contributed by atoms with van der Waals surface area (Å²) in [5.74, 6) is 0.115. The number of methoxy groups -OCH3 is 2. The first-order valence-electron chi connectivity index (χ1n) is 11.2. The maximum atomic E-state index is 14.3. The molecule has 4 N–H and O–H groups in total. The van der Waals surface area contributed by atoms with E-state index >= 15 is 0 Å². The molecule has 1 saturated heterocycles. The highest BCUT2D eigenvalue weighted by molar-refractivity contribution is 5.94. The van der Waals surface area contributed by atoms with Gasteiger partial charge < -0.3 is 29.8 Å². The molecule has 36 heavy (non-hydrogen) atoms. The topological polar surface area (TPSA) is 143 Å². The number of hydrogen-bond acceptors (Lipinski definition) is 8. The molecule has 0 saturated carbocycles. The number of aryl methyl sites for hydroxylation is 1. The normalized spacial score (nSPS) is 13.4. The summed E-state index contributed by atoms with van der Waals surface area (Å²) in [4.78, 5) is 31.4. The number of hydrogen-bond donors (Lipinski definition) is 4. The van der Waals surface area contributed by atoms with Crippen molar-refractivity contribution in [2.24, 2.45) is 7.05 Å². The van der Waals surface area contributed by atoms with Crippen molar-refractivity contribution in [1.82, 2.24) is 30.1 Å². The second-order valence-corrected chi connectivity index (χ2v) is 7.82. The fourth-order valence-electron chi connectivity index (χ4n) is 4.00. The van der Waals surface area contributed by atoms with E-state index in [1.807, 2.05) is 17.7 Å². The molecule has 0 atom stereocenters. The molecule has 0 spiro atoms. The average molecular weight is 504 g/mol. The molecule has 3 aromatic rings. The summed E-state index contributed by atoms with van der Waals surface area (Å²) in [6.07, 6.45) is 2.72. The number of carbonyl (C=O) groups excluding carboxylic acids is 1. The number of carboxylic acid groups (broad SMARTS) is 1. The maximum Gasteiger partial charge on any atom is 0.320 e. The SMILES string of the molecule is COc1ncc(F)c(OC)c1-c1cc2cc(NC(=O)NCCN3CCNCC3)ncc2n1C.O=CO. The third kappa shape index (κ3) is 6.17. The number of ether oxygens (including phenoxy) is 2. The molecule has 13 heteroatoms. The number of amides is 2. The quantitative estimate of drug-likeness (QED) is 0.353. The van der Waals surface area contributed by atoms with E-state index in [2.05, 4.69) is 30.8 Å². The molecule has 3 aromatic heterocycles. The third-order valence-corrected chi connectivity index (χ3v) is 5.70. The van der Waals surface area contributed by atoms with Crippen molar-refractivity contribution in [3.8, 4) is 22.9 Å². The van der Waals surface area contributed by atoms with E-state index in [1.54, 1.807) is 12.3 Å². The Kier molecular flexibility index (Phi) is 9.36. The van der Waals surface area contributed by atoms with E-state index in [4.69, 9.17) is 19.4 Å². The number of urea groups is 1. The summed E-state index contributed by atoms with van der Waals surface area (Å²) in [6, 6.07) is 3.30. The number of fused-ring (bicyclic) bond motifs is 1. The molecule has 4 rings (SSSR count). The number of piperazine rings is 1. The molecule has 1 fully saturated rings. The first kappa shape index (κ1) is 26.6. The van der Waals surface area contributed by atoms with Crippen LogP contribution in [0.5, 0.6) is 11.6 Å². The minimum atomic E-state index is -0.587. The number of nitrogens with one attached hydrogen (secondary N) is 3. The Morgan fingerprint density at radius 3 is 2.61 bits per heavy atom. The first-order valence-corrected chi connectivity index (χ1v) is 11.2. The van der Waals surface area contributed by atoms with Crippen LogP contribution in [0.25, 0.3) is 22.2 Å². The molecule has 0 aliphatic carbocycles. The highest BCUT2D eigenvalue weighted by atomic mass is 19.1. The van der Waals surface area contributed by atoms with E-state index in [9.17, 15) is 9.18 Å². The van der Waals surface area contributed by atoms with Crippen LogP contribution >= 0.6 is 0 Å². The van der Waals surface area contributed by atoms with Gasteiger partial charge in [0.15, 0.2) is 11.6 Å². The van der Waals surface area contributed by atoms with Gasteiger partial charge >= 0.3 is 6.03 Å². The number of pyridine rings is 2. The Balaban J connectivity index is 0.00000115. The van der Waals surface area contributed by atoms with Crippen molar-refractivity contribution in [2.75, 3.05) is 58.8 Å². The third-order valence-electron chi connectivity index (χ3n) is 5.70. The summed E-state index contributed by atoms with van der Waals surface area (Å²) in [6.45, 7) is 5.00. The number of carbonyl (C=O) groups is 2. The van der Waals surface area contributed by atoms with Gasteiger partial charge in [0.25, 0.3) is 6.47 Å². The predicted octanol–water partition coefficient (Wildman–Crippen LogP) is 1.52. The number of halogens is 1. The summed E-state index contributed by atoms with van der Waals surface area (Å²) >= 11 is 0. The molecule has 4 heterocycles. The van der Waals surface area contributed by atoms with Crippen molar-refractivity contribution in [1.29, 1.82) is 0 Å². The lowest BCUT2D eigenvalue weighted by atomic mass is 10.1. The molecule has 2 amide bonds. The van der Waals surface area contributed by atoms with E-state index in [-0.39, 0.29) is 24.1 Å². The average Bonchev–Trinajstić information content (AvgIpc) is 3.20. The van der Waals surface area contributed by atoms with E-state index < -0.39 is 5.82 Å². The van der Waals surface area contributed by atoms with Gasteiger partial charge in [-0.25, -0.2) is 19.2 Å². The summed E-state index contributed by atoms with van der Waals surface area (Å²) in [7, 11) is 4.70. The van der Waals surface area contributed by atoms with Crippen LogP contribution in [0.2, 0.25) is 0 Å². The van der Waals surface area contributed by atoms with Crippen LogP contribution in [0.3, 0.4) is 0 Å². The Hall–Kier alpha value is -3.97. The first-order chi connectivity index (χ1) is 17.4.